The van der Waals surface area contributed by atoms with E-state index in [1.807, 2.05) is 18.2 Å². The van der Waals surface area contributed by atoms with Crippen molar-refractivity contribution in [3.63, 3.8) is 0 Å². The minimum Gasteiger partial charge on any atom is -0.310 e. The van der Waals surface area contributed by atoms with Crippen LogP contribution in [0.5, 0.6) is 0 Å². The summed E-state index contributed by atoms with van der Waals surface area (Å²) in [5.74, 6) is -0.279. The van der Waals surface area contributed by atoms with E-state index in [0.717, 1.165) is 17.7 Å². The molecule has 1 fully saturated rings. The minimum atomic E-state index is -0.279. The molecule has 0 amide bonds. The first-order valence-corrected chi connectivity index (χ1v) is 7.78. The predicted molar refractivity (Wildman–Crippen MR) is 84.4 cm³/mol. The molecule has 1 saturated carbocycles. The summed E-state index contributed by atoms with van der Waals surface area (Å²) in [6, 6.07) is 11.7. The van der Waals surface area contributed by atoms with Gasteiger partial charge in [-0.3, -0.25) is 0 Å². The van der Waals surface area contributed by atoms with Crippen molar-refractivity contribution < 1.29 is 4.39 Å². The van der Waals surface area contributed by atoms with E-state index >= 15 is 0 Å². The SMILES string of the molecule is Fc1c(Br)cccc1-c1ccc(CNC2CC2)cc1Cl. The fourth-order valence-electron chi connectivity index (χ4n) is 2.15. The normalized spacial score (nSPS) is 14.6. The van der Waals surface area contributed by atoms with Gasteiger partial charge in [0.2, 0.25) is 0 Å². The number of halogens is 3. The smallest absolute Gasteiger partial charge is 0.145 e. The molecule has 0 saturated heterocycles. The molecule has 1 nitrogen and oxygen atoms in total. The summed E-state index contributed by atoms with van der Waals surface area (Å²) in [7, 11) is 0. The fraction of sp³-hybridized carbons (Fsp3) is 0.250. The lowest BCUT2D eigenvalue weighted by atomic mass is 10.0. The monoisotopic (exact) mass is 353 g/mol. The molecule has 0 heterocycles. The van der Waals surface area contributed by atoms with Gasteiger partial charge in [0.25, 0.3) is 0 Å². The molecule has 0 atom stereocenters. The zero-order valence-electron chi connectivity index (χ0n) is 10.8. The maximum absolute atomic E-state index is 14.1. The van der Waals surface area contributed by atoms with E-state index < -0.39 is 0 Å². The molecule has 0 aromatic heterocycles. The van der Waals surface area contributed by atoms with E-state index in [9.17, 15) is 4.39 Å². The van der Waals surface area contributed by atoms with Crippen LogP contribution in [0.4, 0.5) is 4.39 Å². The zero-order chi connectivity index (χ0) is 14.1. The lowest BCUT2D eigenvalue weighted by Crippen LogP contribution is -2.15. The Labute approximate surface area is 131 Å². The molecule has 1 N–H and O–H groups in total. The molecule has 1 aliphatic rings. The maximum atomic E-state index is 14.1. The van der Waals surface area contributed by atoms with Gasteiger partial charge in [0, 0.05) is 28.7 Å². The van der Waals surface area contributed by atoms with Gasteiger partial charge in [-0.25, -0.2) is 4.39 Å². The van der Waals surface area contributed by atoms with Gasteiger partial charge in [0.15, 0.2) is 0 Å². The van der Waals surface area contributed by atoms with Crippen molar-refractivity contribution in [3.8, 4) is 11.1 Å². The summed E-state index contributed by atoms with van der Waals surface area (Å²) >= 11 is 9.51. The fourth-order valence-corrected chi connectivity index (χ4v) is 2.82. The van der Waals surface area contributed by atoms with Crippen LogP contribution in [-0.4, -0.2) is 6.04 Å². The van der Waals surface area contributed by atoms with Crippen LogP contribution in [0.1, 0.15) is 18.4 Å². The van der Waals surface area contributed by atoms with Crippen LogP contribution in [0.2, 0.25) is 5.02 Å². The highest BCUT2D eigenvalue weighted by molar-refractivity contribution is 9.10. The summed E-state index contributed by atoms with van der Waals surface area (Å²) in [6.45, 7) is 0.811. The van der Waals surface area contributed by atoms with E-state index in [-0.39, 0.29) is 5.82 Å². The highest BCUT2D eigenvalue weighted by atomic mass is 79.9. The Morgan fingerprint density at radius 2 is 2.00 bits per heavy atom. The average molecular weight is 355 g/mol. The third-order valence-electron chi connectivity index (χ3n) is 3.45. The zero-order valence-corrected chi connectivity index (χ0v) is 13.1. The van der Waals surface area contributed by atoms with Crippen molar-refractivity contribution in [2.45, 2.75) is 25.4 Å². The Kier molecular flexibility index (Phi) is 4.11. The van der Waals surface area contributed by atoms with Crippen LogP contribution < -0.4 is 5.32 Å². The molecule has 0 unspecified atom stereocenters. The van der Waals surface area contributed by atoms with Crippen molar-refractivity contribution >= 4 is 27.5 Å². The molecular weight excluding hydrogens is 341 g/mol. The summed E-state index contributed by atoms with van der Waals surface area (Å²) in [4.78, 5) is 0. The second kappa shape index (κ2) is 5.84. The molecule has 20 heavy (non-hydrogen) atoms. The van der Waals surface area contributed by atoms with Gasteiger partial charge in [0.05, 0.1) is 4.47 Å². The van der Waals surface area contributed by atoms with Crippen molar-refractivity contribution in [3.05, 3.63) is 57.3 Å². The molecule has 1 aliphatic carbocycles. The number of rotatable bonds is 4. The Balaban J connectivity index is 1.87. The average Bonchev–Trinajstić information content (AvgIpc) is 3.24. The van der Waals surface area contributed by atoms with Crippen LogP contribution in [0.3, 0.4) is 0 Å². The van der Waals surface area contributed by atoms with E-state index in [1.54, 1.807) is 18.2 Å². The van der Waals surface area contributed by atoms with Gasteiger partial charge in [-0.1, -0.05) is 35.9 Å². The summed E-state index contributed by atoms with van der Waals surface area (Å²) in [5.41, 5.74) is 2.37. The quantitative estimate of drug-likeness (QED) is 0.799. The number of hydrogen-bond donors (Lipinski definition) is 1. The molecule has 4 heteroatoms. The molecule has 0 radical (unpaired) electrons. The van der Waals surface area contributed by atoms with E-state index in [1.165, 1.54) is 12.8 Å². The molecule has 0 bridgehead atoms. The number of nitrogens with one attached hydrogen (secondary N) is 1. The largest absolute Gasteiger partial charge is 0.310 e. The van der Waals surface area contributed by atoms with Gasteiger partial charge in [-0.05, 0) is 46.5 Å². The van der Waals surface area contributed by atoms with Gasteiger partial charge in [0.1, 0.15) is 5.82 Å². The Bertz CT molecular complexity index is 640. The first-order chi connectivity index (χ1) is 9.65. The molecule has 2 aromatic carbocycles. The van der Waals surface area contributed by atoms with Gasteiger partial charge >= 0.3 is 0 Å². The van der Waals surface area contributed by atoms with Gasteiger partial charge < -0.3 is 5.32 Å². The van der Waals surface area contributed by atoms with Gasteiger partial charge in [-0.15, -0.1) is 0 Å². The second-order valence-electron chi connectivity index (χ2n) is 5.07. The third kappa shape index (κ3) is 3.05. The maximum Gasteiger partial charge on any atom is 0.145 e. The molecular formula is C16H14BrClFN. The lowest BCUT2D eigenvalue weighted by Gasteiger charge is -2.10. The van der Waals surface area contributed by atoms with E-state index in [0.29, 0.717) is 21.1 Å². The van der Waals surface area contributed by atoms with Crippen molar-refractivity contribution in [1.29, 1.82) is 0 Å². The van der Waals surface area contributed by atoms with Crippen LogP contribution in [0, 0.1) is 5.82 Å². The summed E-state index contributed by atoms with van der Waals surface area (Å²) < 4.78 is 14.6. The van der Waals surface area contributed by atoms with Crippen LogP contribution in [-0.2, 0) is 6.54 Å². The molecule has 0 aliphatic heterocycles. The Hall–Kier alpha value is -0.900. The van der Waals surface area contributed by atoms with Crippen LogP contribution in [0.25, 0.3) is 11.1 Å². The topological polar surface area (TPSA) is 12.0 Å². The van der Waals surface area contributed by atoms with Gasteiger partial charge in [-0.2, -0.15) is 0 Å². The van der Waals surface area contributed by atoms with Crippen LogP contribution >= 0.6 is 27.5 Å². The highest BCUT2D eigenvalue weighted by Crippen LogP contribution is 2.33. The molecule has 104 valence electrons. The first-order valence-electron chi connectivity index (χ1n) is 6.61. The lowest BCUT2D eigenvalue weighted by molar-refractivity contribution is 0.624. The highest BCUT2D eigenvalue weighted by Gasteiger charge is 2.20. The standard InChI is InChI=1S/C16H14BrClFN/c17-14-3-1-2-13(16(14)19)12-7-4-10(8-15(12)18)9-20-11-5-6-11/h1-4,7-8,11,20H,5-6,9H2. The second-order valence-corrected chi connectivity index (χ2v) is 6.33. The molecule has 2 aromatic rings. The van der Waals surface area contributed by atoms with Crippen molar-refractivity contribution in [2.75, 3.05) is 0 Å². The Morgan fingerprint density at radius 1 is 1.20 bits per heavy atom. The minimum absolute atomic E-state index is 0.279. The van der Waals surface area contributed by atoms with Crippen molar-refractivity contribution in [2.24, 2.45) is 0 Å². The van der Waals surface area contributed by atoms with Crippen LogP contribution in [0.15, 0.2) is 40.9 Å². The number of hydrogen-bond acceptors (Lipinski definition) is 1. The first kappa shape index (κ1) is 14.1. The Morgan fingerprint density at radius 3 is 2.70 bits per heavy atom. The summed E-state index contributed by atoms with van der Waals surface area (Å²) in [5, 5.41) is 4.02. The molecule has 0 spiro atoms. The number of benzene rings is 2. The van der Waals surface area contributed by atoms with E-state index in [2.05, 4.69) is 21.2 Å². The molecule has 3 rings (SSSR count). The summed E-state index contributed by atoms with van der Waals surface area (Å²) in [6.07, 6.45) is 2.52. The van der Waals surface area contributed by atoms with E-state index in [4.69, 9.17) is 11.6 Å². The third-order valence-corrected chi connectivity index (χ3v) is 4.37. The van der Waals surface area contributed by atoms with Crippen molar-refractivity contribution in [1.82, 2.24) is 5.32 Å². The predicted octanol–water partition coefficient (Wildman–Crippen LogP) is 5.16.